The molecule has 2 rings (SSSR count). The zero-order chi connectivity index (χ0) is 14.0. The summed E-state index contributed by atoms with van der Waals surface area (Å²) >= 11 is 5.83. The zero-order valence-corrected chi connectivity index (χ0v) is 11.7. The van der Waals surface area contributed by atoms with Crippen LogP contribution in [-0.4, -0.2) is 40.2 Å². The van der Waals surface area contributed by atoms with Crippen LogP contribution in [-0.2, 0) is 0 Å². The first-order valence-electron chi connectivity index (χ1n) is 6.38. The number of aliphatic hydroxyl groups is 1. The number of nitrogens with zero attached hydrogens (tertiary/aromatic N) is 1. The number of carbonyl (C=O) groups is 1. The first-order chi connectivity index (χ1) is 8.91. The molecule has 1 saturated carbocycles. The third kappa shape index (κ3) is 3.19. The van der Waals surface area contributed by atoms with Crippen molar-refractivity contribution in [1.29, 1.82) is 0 Å². The second-order valence-corrected chi connectivity index (χ2v) is 5.69. The Hall–Kier alpha value is -1.26. The molecule has 1 aliphatic carbocycles. The Labute approximate surface area is 117 Å². The van der Waals surface area contributed by atoms with Gasteiger partial charge in [0.1, 0.15) is 5.75 Å². The smallest absolute Gasteiger partial charge is 0.257 e. The Morgan fingerprint density at radius 2 is 2.05 bits per heavy atom. The van der Waals surface area contributed by atoms with Crippen molar-refractivity contribution in [3.05, 3.63) is 28.8 Å². The SMILES string of the molecule is CN(CC1(O)CCCC1)C(=O)c1cc(Cl)ccc1O. The molecule has 2 N–H and O–H groups in total. The molecular formula is C14H18ClNO3. The molecule has 0 bridgehead atoms. The van der Waals surface area contributed by atoms with Crippen LogP contribution in [0.4, 0.5) is 0 Å². The summed E-state index contributed by atoms with van der Waals surface area (Å²) in [6.45, 7) is 0.276. The summed E-state index contributed by atoms with van der Waals surface area (Å²) in [4.78, 5) is 13.7. The molecule has 0 unspecified atom stereocenters. The van der Waals surface area contributed by atoms with E-state index in [1.165, 1.54) is 23.1 Å². The molecule has 0 heterocycles. The molecule has 0 atom stereocenters. The maximum atomic E-state index is 12.2. The van der Waals surface area contributed by atoms with Gasteiger partial charge in [-0.15, -0.1) is 0 Å². The summed E-state index contributed by atoms with van der Waals surface area (Å²) in [5.74, 6) is -0.431. The van der Waals surface area contributed by atoms with Crippen LogP contribution in [0.2, 0.25) is 5.02 Å². The summed E-state index contributed by atoms with van der Waals surface area (Å²) < 4.78 is 0. The average molecular weight is 284 g/mol. The van der Waals surface area contributed by atoms with Crippen LogP contribution in [0.1, 0.15) is 36.0 Å². The summed E-state index contributed by atoms with van der Waals surface area (Å²) in [6.07, 6.45) is 3.40. The van der Waals surface area contributed by atoms with Crippen LogP contribution >= 0.6 is 11.6 Å². The lowest BCUT2D eigenvalue weighted by Gasteiger charge is -2.28. The van der Waals surface area contributed by atoms with Gasteiger partial charge in [-0.2, -0.15) is 0 Å². The zero-order valence-electron chi connectivity index (χ0n) is 10.9. The number of hydrogen-bond donors (Lipinski definition) is 2. The van der Waals surface area contributed by atoms with Crippen LogP contribution in [0.15, 0.2) is 18.2 Å². The number of phenols is 1. The topological polar surface area (TPSA) is 60.8 Å². The lowest BCUT2D eigenvalue weighted by atomic mass is 10.0. The molecule has 19 heavy (non-hydrogen) atoms. The molecule has 1 aromatic rings. The number of aromatic hydroxyl groups is 1. The molecule has 1 fully saturated rings. The number of phenolic OH excluding ortho intramolecular Hbond substituents is 1. The van der Waals surface area contributed by atoms with Crippen LogP contribution < -0.4 is 0 Å². The number of carbonyl (C=O) groups excluding carboxylic acids is 1. The molecule has 0 aromatic heterocycles. The molecule has 4 nitrogen and oxygen atoms in total. The minimum absolute atomic E-state index is 0.0975. The lowest BCUT2D eigenvalue weighted by Crippen LogP contribution is -2.42. The highest BCUT2D eigenvalue weighted by Gasteiger charge is 2.33. The highest BCUT2D eigenvalue weighted by molar-refractivity contribution is 6.31. The molecule has 0 spiro atoms. The predicted octanol–water partition coefficient (Wildman–Crippen LogP) is 2.42. The van der Waals surface area contributed by atoms with E-state index in [2.05, 4.69) is 0 Å². The van der Waals surface area contributed by atoms with Crippen molar-refractivity contribution in [3.8, 4) is 5.75 Å². The fourth-order valence-corrected chi connectivity index (χ4v) is 2.76. The van der Waals surface area contributed by atoms with Crippen molar-refractivity contribution in [1.82, 2.24) is 4.90 Å². The molecule has 0 saturated heterocycles. The van der Waals surface area contributed by atoms with Crippen molar-refractivity contribution < 1.29 is 15.0 Å². The largest absolute Gasteiger partial charge is 0.507 e. The molecule has 1 amide bonds. The second kappa shape index (κ2) is 5.39. The number of benzene rings is 1. The third-order valence-corrected chi connectivity index (χ3v) is 3.84. The van der Waals surface area contributed by atoms with E-state index < -0.39 is 5.60 Å². The number of rotatable bonds is 3. The lowest BCUT2D eigenvalue weighted by molar-refractivity contribution is 0.0155. The number of hydrogen-bond acceptors (Lipinski definition) is 3. The summed E-state index contributed by atoms with van der Waals surface area (Å²) in [5.41, 5.74) is -0.630. The van der Waals surface area contributed by atoms with Crippen molar-refractivity contribution in [2.24, 2.45) is 0 Å². The van der Waals surface area contributed by atoms with Gasteiger partial charge in [0, 0.05) is 18.6 Å². The van der Waals surface area contributed by atoms with Gasteiger partial charge in [0.15, 0.2) is 0 Å². The molecular weight excluding hydrogens is 266 g/mol. The molecule has 1 aliphatic rings. The van der Waals surface area contributed by atoms with E-state index in [9.17, 15) is 15.0 Å². The Morgan fingerprint density at radius 1 is 1.42 bits per heavy atom. The van der Waals surface area contributed by atoms with Gasteiger partial charge in [0.2, 0.25) is 0 Å². The quantitative estimate of drug-likeness (QED) is 0.896. The van der Waals surface area contributed by atoms with Gasteiger partial charge in [-0.05, 0) is 31.0 Å². The Bertz CT molecular complexity index is 484. The summed E-state index contributed by atoms with van der Waals surface area (Å²) in [6, 6.07) is 4.36. The van der Waals surface area contributed by atoms with Gasteiger partial charge in [-0.25, -0.2) is 0 Å². The molecule has 1 aromatic carbocycles. The van der Waals surface area contributed by atoms with Crippen LogP contribution in [0.25, 0.3) is 0 Å². The second-order valence-electron chi connectivity index (χ2n) is 5.25. The van der Waals surface area contributed by atoms with E-state index in [1.807, 2.05) is 0 Å². The van der Waals surface area contributed by atoms with E-state index in [4.69, 9.17) is 11.6 Å². The number of amides is 1. The van der Waals surface area contributed by atoms with E-state index in [0.29, 0.717) is 17.9 Å². The molecule has 0 radical (unpaired) electrons. The van der Waals surface area contributed by atoms with Gasteiger partial charge in [-0.3, -0.25) is 4.79 Å². The fourth-order valence-electron chi connectivity index (χ4n) is 2.59. The van der Waals surface area contributed by atoms with Crippen molar-refractivity contribution in [3.63, 3.8) is 0 Å². The van der Waals surface area contributed by atoms with Gasteiger partial charge in [0.25, 0.3) is 5.91 Å². The van der Waals surface area contributed by atoms with Gasteiger partial charge in [-0.1, -0.05) is 24.4 Å². The monoisotopic (exact) mass is 283 g/mol. The van der Waals surface area contributed by atoms with Crippen molar-refractivity contribution in [2.45, 2.75) is 31.3 Å². The molecule has 0 aliphatic heterocycles. The van der Waals surface area contributed by atoms with Crippen molar-refractivity contribution >= 4 is 17.5 Å². The van der Waals surface area contributed by atoms with E-state index in [0.717, 1.165) is 12.8 Å². The Kier molecular flexibility index (Phi) is 4.02. The maximum Gasteiger partial charge on any atom is 0.257 e. The number of likely N-dealkylation sites (N-methyl/N-ethyl adjacent to an activating group) is 1. The van der Waals surface area contributed by atoms with E-state index >= 15 is 0 Å². The molecule has 104 valence electrons. The standard InChI is InChI=1S/C14H18ClNO3/c1-16(9-14(19)6-2-3-7-14)13(18)11-8-10(15)4-5-12(11)17/h4-5,8,17,19H,2-3,6-7,9H2,1H3. The Morgan fingerprint density at radius 3 is 2.68 bits per heavy atom. The maximum absolute atomic E-state index is 12.2. The van der Waals surface area contributed by atoms with Gasteiger partial charge >= 0.3 is 0 Å². The first kappa shape index (κ1) is 14.2. The fraction of sp³-hybridized carbons (Fsp3) is 0.500. The minimum atomic E-state index is -0.793. The Balaban J connectivity index is 2.12. The highest BCUT2D eigenvalue weighted by Crippen LogP contribution is 2.31. The van der Waals surface area contributed by atoms with Crippen LogP contribution in [0.5, 0.6) is 5.75 Å². The van der Waals surface area contributed by atoms with E-state index in [1.54, 1.807) is 7.05 Å². The third-order valence-electron chi connectivity index (χ3n) is 3.60. The van der Waals surface area contributed by atoms with Gasteiger partial charge in [0.05, 0.1) is 11.2 Å². The first-order valence-corrected chi connectivity index (χ1v) is 6.75. The van der Waals surface area contributed by atoms with Crippen LogP contribution in [0, 0.1) is 0 Å². The van der Waals surface area contributed by atoms with Crippen molar-refractivity contribution in [2.75, 3.05) is 13.6 Å². The van der Waals surface area contributed by atoms with Gasteiger partial charge < -0.3 is 15.1 Å². The number of halogens is 1. The van der Waals surface area contributed by atoms with E-state index in [-0.39, 0.29) is 23.8 Å². The molecule has 5 heteroatoms. The minimum Gasteiger partial charge on any atom is -0.507 e. The average Bonchev–Trinajstić information content (AvgIpc) is 2.78. The summed E-state index contributed by atoms with van der Waals surface area (Å²) in [7, 11) is 1.62. The predicted molar refractivity (Wildman–Crippen MR) is 73.5 cm³/mol. The normalized spacial score (nSPS) is 17.4. The summed E-state index contributed by atoms with van der Waals surface area (Å²) in [5, 5.41) is 20.4. The van der Waals surface area contributed by atoms with Crippen LogP contribution in [0.3, 0.4) is 0 Å². The highest BCUT2D eigenvalue weighted by atomic mass is 35.5.